The van der Waals surface area contributed by atoms with Crippen LogP contribution in [0.5, 0.6) is 0 Å². The second-order valence-electron chi connectivity index (χ2n) is 4.54. The lowest BCUT2D eigenvalue weighted by Gasteiger charge is -2.32. The summed E-state index contributed by atoms with van der Waals surface area (Å²) in [6.45, 7) is 2.26. The highest BCUT2D eigenvalue weighted by Gasteiger charge is 2.32. The molecule has 108 valence electrons. The number of hydrogen-bond donors (Lipinski definition) is 1. The van der Waals surface area contributed by atoms with Crippen molar-refractivity contribution in [2.45, 2.75) is 19.1 Å². The van der Waals surface area contributed by atoms with Gasteiger partial charge in [0.05, 0.1) is 5.56 Å². The number of nitrogens with one attached hydrogen (secondary N) is 1. The monoisotopic (exact) mass is 286 g/mol. The standard InChI is InChI=1S/C13H13F3N2O2/c1-8-11(19)17-6-7-18(8)12(20)9-2-4-10(5-3-9)13(14,15)16/h2-5,8H,6-7H2,1H3,(H,17,19). The summed E-state index contributed by atoms with van der Waals surface area (Å²) in [6, 6.07) is 3.36. The van der Waals surface area contributed by atoms with Crippen molar-refractivity contribution >= 4 is 11.8 Å². The Morgan fingerprint density at radius 1 is 1.30 bits per heavy atom. The lowest BCUT2D eigenvalue weighted by atomic mass is 10.1. The molecule has 1 saturated heterocycles. The van der Waals surface area contributed by atoms with E-state index in [0.717, 1.165) is 24.3 Å². The smallest absolute Gasteiger partial charge is 0.353 e. The number of nitrogens with zero attached hydrogens (tertiary/aromatic N) is 1. The molecule has 0 bridgehead atoms. The van der Waals surface area contributed by atoms with E-state index in [1.165, 1.54) is 4.90 Å². The number of hydrogen-bond acceptors (Lipinski definition) is 2. The van der Waals surface area contributed by atoms with E-state index < -0.39 is 23.7 Å². The van der Waals surface area contributed by atoms with Crippen molar-refractivity contribution in [3.8, 4) is 0 Å². The molecule has 0 saturated carbocycles. The van der Waals surface area contributed by atoms with Gasteiger partial charge in [0.15, 0.2) is 0 Å². The quantitative estimate of drug-likeness (QED) is 0.853. The molecule has 1 atom stereocenters. The Bertz CT molecular complexity index is 525. The van der Waals surface area contributed by atoms with Gasteiger partial charge >= 0.3 is 6.18 Å². The molecule has 4 nitrogen and oxygen atoms in total. The highest BCUT2D eigenvalue weighted by atomic mass is 19.4. The Labute approximate surface area is 113 Å². The summed E-state index contributed by atoms with van der Waals surface area (Å²) in [5.74, 6) is -0.711. The lowest BCUT2D eigenvalue weighted by Crippen LogP contribution is -2.55. The number of benzene rings is 1. The molecule has 2 amide bonds. The van der Waals surface area contributed by atoms with Gasteiger partial charge in [-0.2, -0.15) is 13.2 Å². The van der Waals surface area contributed by atoms with Gasteiger partial charge in [0.25, 0.3) is 5.91 Å². The van der Waals surface area contributed by atoms with E-state index in [2.05, 4.69) is 5.32 Å². The number of alkyl halides is 3. The van der Waals surface area contributed by atoms with Gasteiger partial charge < -0.3 is 10.2 Å². The number of rotatable bonds is 1. The van der Waals surface area contributed by atoms with Gasteiger partial charge in [-0.1, -0.05) is 0 Å². The molecule has 0 aromatic heterocycles. The summed E-state index contributed by atoms with van der Waals surface area (Å²) in [7, 11) is 0. The molecule has 0 spiro atoms. The van der Waals surface area contributed by atoms with Crippen molar-refractivity contribution in [3.05, 3.63) is 35.4 Å². The Morgan fingerprint density at radius 3 is 2.45 bits per heavy atom. The van der Waals surface area contributed by atoms with Crippen molar-refractivity contribution in [1.29, 1.82) is 0 Å². The zero-order valence-electron chi connectivity index (χ0n) is 10.7. The van der Waals surface area contributed by atoms with E-state index >= 15 is 0 Å². The maximum atomic E-state index is 12.4. The van der Waals surface area contributed by atoms with Crippen LogP contribution in [0.2, 0.25) is 0 Å². The molecule has 1 N–H and O–H groups in total. The van der Waals surface area contributed by atoms with Crippen LogP contribution in [0.4, 0.5) is 13.2 Å². The highest BCUT2D eigenvalue weighted by molar-refractivity contribution is 5.98. The average Bonchev–Trinajstić information content (AvgIpc) is 2.40. The Balaban J connectivity index is 2.19. The van der Waals surface area contributed by atoms with E-state index in [9.17, 15) is 22.8 Å². The van der Waals surface area contributed by atoms with Crippen LogP contribution in [0.1, 0.15) is 22.8 Å². The molecule has 1 aliphatic rings. The highest BCUT2D eigenvalue weighted by Crippen LogP contribution is 2.29. The van der Waals surface area contributed by atoms with Crippen molar-refractivity contribution in [3.63, 3.8) is 0 Å². The maximum Gasteiger partial charge on any atom is 0.416 e. The molecular formula is C13H13F3N2O2. The molecule has 1 unspecified atom stereocenters. The summed E-state index contributed by atoms with van der Waals surface area (Å²) >= 11 is 0. The number of amides is 2. The molecule has 7 heteroatoms. The van der Waals surface area contributed by atoms with Gasteiger partial charge in [0, 0.05) is 18.7 Å². The first-order valence-electron chi connectivity index (χ1n) is 6.06. The molecule has 0 aliphatic carbocycles. The van der Waals surface area contributed by atoms with Crippen molar-refractivity contribution in [2.24, 2.45) is 0 Å². The number of piperazine rings is 1. The summed E-state index contributed by atoms with van der Waals surface area (Å²) in [5.41, 5.74) is -0.668. The van der Waals surface area contributed by atoms with Gasteiger partial charge in [0.1, 0.15) is 6.04 Å². The van der Waals surface area contributed by atoms with Crippen LogP contribution in [0.25, 0.3) is 0 Å². The molecule has 1 heterocycles. The minimum Gasteiger partial charge on any atom is -0.353 e. The molecule has 2 rings (SSSR count). The van der Waals surface area contributed by atoms with Crippen molar-refractivity contribution in [1.82, 2.24) is 10.2 Å². The summed E-state index contributed by atoms with van der Waals surface area (Å²) in [4.78, 5) is 25.0. The maximum absolute atomic E-state index is 12.4. The van der Waals surface area contributed by atoms with Crippen LogP contribution in [-0.2, 0) is 11.0 Å². The molecule has 20 heavy (non-hydrogen) atoms. The number of carbonyl (C=O) groups is 2. The first-order valence-corrected chi connectivity index (χ1v) is 6.06. The summed E-state index contributed by atoms with van der Waals surface area (Å²) < 4.78 is 37.3. The van der Waals surface area contributed by atoms with Gasteiger partial charge in [-0.05, 0) is 31.2 Å². The molecule has 1 aromatic rings. The molecule has 1 aromatic carbocycles. The second kappa shape index (κ2) is 5.15. The third-order valence-corrected chi connectivity index (χ3v) is 3.22. The van der Waals surface area contributed by atoms with Crippen LogP contribution in [0.3, 0.4) is 0 Å². The SMILES string of the molecule is CC1C(=O)NCCN1C(=O)c1ccc(C(F)(F)F)cc1. The van der Waals surface area contributed by atoms with E-state index in [4.69, 9.17) is 0 Å². The van der Waals surface area contributed by atoms with Crippen LogP contribution in [0, 0.1) is 0 Å². The third kappa shape index (κ3) is 2.76. The fraction of sp³-hybridized carbons (Fsp3) is 0.385. The van der Waals surface area contributed by atoms with Gasteiger partial charge in [0.2, 0.25) is 5.91 Å². The fourth-order valence-electron chi connectivity index (χ4n) is 2.03. The van der Waals surface area contributed by atoms with Gasteiger partial charge in [-0.25, -0.2) is 0 Å². The van der Waals surface area contributed by atoms with E-state index in [0.29, 0.717) is 13.1 Å². The third-order valence-electron chi connectivity index (χ3n) is 3.22. The Kier molecular flexibility index (Phi) is 3.69. The second-order valence-corrected chi connectivity index (χ2v) is 4.54. The van der Waals surface area contributed by atoms with Gasteiger partial charge in [-0.15, -0.1) is 0 Å². The zero-order valence-corrected chi connectivity index (χ0v) is 10.7. The topological polar surface area (TPSA) is 49.4 Å². The lowest BCUT2D eigenvalue weighted by molar-refractivity contribution is -0.137. The van der Waals surface area contributed by atoms with Crippen molar-refractivity contribution in [2.75, 3.05) is 13.1 Å². The van der Waals surface area contributed by atoms with E-state index in [-0.39, 0.29) is 11.5 Å². The zero-order chi connectivity index (χ0) is 14.9. The Hall–Kier alpha value is -2.05. The minimum absolute atomic E-state index is 0.138. The normalized spacial score (nSPS) is 19.7. The Morgan fingerprint density at radius 2 is 1.90 bits per heavy atom. The van der Waals surface area contributed by atoms with E-state index in [1.807, 2.05) is 0 Å². The van der Waals surface area contributed by atoms with Crippen molar-refractivity contribution < 1.29 is 22.8 Å². The predicted octanol–water partition coefficient (Wildman–Crippen LogP) is 1.67. The summed E-state index contributed by atoms with van der Waals surface area (Å²) in [5, 5.41) is 2.62. The van der Waals surface area contributed by atoms with Crippen LogP contribution >= 0.6 is 0 Å². The number of halogens is 3. The predicted molar refractivity (Wildman–Crippen MR) is 65.0 cm³/mol. The van der Waals surface area contributed by atoms with Crippen LogP contribution < -0.4 is 5.32 Å². The first-order chi connectivity index (χ1) is 9.30. The summed E-state index contributed by atoms with van der Waals surface area (Å²) in [6.07, 6.45) is -4.43. The fourth-order valence-corrected chi connectivity index (χ4v) is 2.03. The van der Waals surface area contributed by atoms with Crippen LogP contribution in [0.15, 0.2) is 24.3 Å². The van der Waals surface area contributed by atoms with Crippen LogP contribution in [-0.4, -0.2) is 35.8 Å². The molecular weight excluding hydrogens is 273 g/mol. The molecule has 1 fully saturated rings. The minimum atomic E-state index is -4.43. The first kappa shape index (κ1) is 14.4. The number of carbonyl (C=O) groups excluding carboxylic acids is 2. The molecule has 0 radical (unpaired) electrons. The van der Waals surface area contributed by atoms with E-state index in [1.54, 1.807) is 6.92 Å². The van der Waals surface area contributed by atoms with Gasteiger partial charge in [-0.3, -0.25) is 9.59 Å². The average molecular weight is 286 g/mol. The molecule has 1 aliphatic heterocycles. The largest absolute Gasteiger partial charge is 0.416 e.